The Morgan fingerprint density at radius 3 is 2.41 bits per heavy atom. The minimum absolute atomic E-state index is 0.121. The molecule has 0 aliphatic rings. The van der Waals surface area contributed by atoms with Gasteiger partial charge in [-0.25, -0.2) is 4.39 Å². The van der Waals surface area contributed by atoms with E-state index in [-0.39, 0.29) is 11.7 Å². The smallest absolute Gasteiger partial charge is 0.126 e. The average molecular weight is 293 g/mol. The van der Waals surface area contributed by atoms with Crippen molar-refractivity contribution >= 4 is 10.8 Å². The molecule has 0 bridgehead atoms. The first-order chi connectivity index (χ1) is 10.8. The van der Waals surface area contributed by atoms with E-state index in [1.165, 1.54) is 22.4 Å². The molecular weight excluding hydrogens is 273 g/mol. The fourth-order valence-corrected chi connectivity index (χ4v) is 2.95. The number of benzene rings is 3. The van der Waals surface area contributed by atoms with Gasteiger partial charge in [-0.2, -0.15) is 0 Å². The normalized spacial score (nSPS) is 12.5. The Morgan fingerprint density at radius 2 is 1.64 bits per heavy atom. The average Bonchev–Trinajstić information content (AvgIpc) is 2.56. The van der Waals surface area contributed by atoms with Gasteiger partial charge in [0.15, 0.2) is 0 Å². The van der Waals surface area contributed by atoms with Gasteiger partial charge in [-0.05, 0) is 41.4 Å². The lowest BCUT2D eigenvalue weighted by Gasteiger charge is -2.18. The third-order valence-electron chi connectivity index (χ3n) is 4.12. The molecule has 1 unspecified atom stereocenters. The Balaban J connectivity index is 1.93. The van der Waals surface area contributed by atoms with Gasteiger partial charge >= 0.3 is 0 Å². The second-order valence-corrected chi connectivity index (χ2v) is 5.66. The van der Waals surface area contributed by atoms with Crippen LogP contribution in [-0.2, 0) is 6.42 Å². The molecule has 0 heterocycles. The minimum atomic E-state index is -0.121. The largest absolute Gasteiger partial charge is 0.319 e. The van der Waals surface area contributed by atoms with Crippen LogP contribution in [-0.4, -0.2) is 13.6 Å². The molecule has 0 aliphatic heterocycles. The number of fused-ring (bicyclic) bond motifs is 1. The van der Waals surface area contributed by atoms with E-state index in [1.807, 2.05) is 25.2 Å². The Labute approximate surface area is 130 Å². The Morgan fingerprint density at radius 1 is 0.909 bits per heavy atom. The monoisotopic (exact) mass is 293 g/mol. The van der Waals surface area contributed by atoms with Gasteiger partial charge in [0.25, 0.3) is 0 Å². The van der Waals surface area contributed by atoms with Crippen LogP contribution in [0.5, 0.6) is 0 Å². The van der Waals surface area contributed by atoms with Gasteiger partial charge in [-0.15, -0.1) is 0 Å². The van der Waals surface area contributed by atoms with Gasteiger partial charge in [0.05, 0.1) is 0 Å². The highest BCUT2D eigenvalue weighted by molar-refractivity contribution is 5.83. The molecule has 3 aromatic carbocycles. The highest BCUT2D eigenvalue weighted by atomic mass is 19.1. The van der Waals surface area contributed by atoms with Gasteiger partial charge in [0.1, 0.15) is 5.82 Å². The Kier molecular flexibility index (Phi) is 4.50. The van der Waals surface area contributed by atoms with Crippen LogP contribution in [0, 0.1) is 5.82 Å². The second kappa shape index (κ2) is 6.71. The molecule has 0 amide bonds. The highest BCUT2D eigenvalue weighted by Gasteiger charge is 2.14. The molecule has 0 saturated carbocycles. The van der Waals surface area contributed by atoms with Crippen molar-refractivity contribution in [2.24, 2.45) is 0 Å². The number of nitrogens with one attached hydrogen (secondary N) is 1. The molecule has 0 aromatic heterocycles. The van der Waals surface area contributed by atoms with Crippen molar-refractivity contribution < 1.29 is 4.39 Å². The maximum atomic E-state index is 13.9. The van der Waals surface area contributed by atoms with E-state index in [0.29, 0.717) is 6.42 Å². The van der Waals surface area contributed by atoms with Crippen LogP contribution >= 0.6 is 0 Å². The zero-order valence-corrected chi connectivity index (χ0v) is 12.7. The van der Waals surface area contributed by atoms with Crippen molar-refractivity contribution in [3.63, 3.8) is 0 Å². The molecule has 0 fully saturated rings. The first-order valence-corrected chi connectivity index (χ1v) is 7.64. The van der Waals surface area contributed by atoms with Crippen molar-refractivity contribution in [2.45, 2.75) is 12.3 Å². The SMILES string of the molecule is CNCC(Cc1ccccc1F)c1ccc2ccccc2c1. The van der Waals surface area contributed by atoms with E-state index in [2.05, 4.69) is 41.7 Å². The van der Waals surface area contributed by atoms with E-state index in [0.717, 1.165) is 12.1 Å². The van der Waals surface area contributed by atoms with Crippen molar-refractivity contribution in [1.29, 1.82) is 0 Å². The van der Waals surface area contributed by atoms with Crippen molar-refractivity contribution in [1.82, 2.24) is 5.32 Å². The van der Waals surface area contributed by atoms with Crippen LogP contribution in [0.15, 0.2) is 66.7 Å². The van der Waals surface area contributed by atoms with Gasteiger partial charge in [-0.3, -0.25) is 0 Å². The summed E-state index contributed by atoms with van der Waals surface area (Å²) in [6.45, 7) is 0.826. The van der Waals surface area contributed by atoms with E-state index in [1.54, 1.807) is 6.07 Å². The van der Waals surface area contributed by atoms with Crippen LogP contribution < -0.4 is 5.32 Å². The Bertz CT molecular complexity index is 766. The summed E-state index contributed by atoms with van der Waals surface area (Å²) in [5, 5.41) is 5.70. The third-order valence-corrected chi connectivity index (χ3v) is 4.12. The van der Waals surface area contributed by atoms with Crippen molar-refractivity contribution in [3.8, 4) is 0 Å². The number of hydrogen-bond donors (Lipinski definition) is 1. The topological polar surface area (TPSA) is 12.0 Å². The van der Waals surface area contributed by atoms with Crippen LogP contribution in [0.4, 0.5) is 4.39 Å². The summed E-state index contributed by atoms with van der Waals surface area (Å²) in [5.74, 6) is 0.135. The minimum Gasteiger partial charge on any atom is -0.319 e. The summed E-state index contributed by atoms with van der Waals surface area (Å²) < 4.78 is 13.9. The molecule has 3 rings (SSSR count). The molecule has 0 radical (unpaired) electrons. The Hall–Kier alpha value is -2.19. The third kappa shape index (κ3) is 3.18. The fourth-order valence-electron chi connectivity index (χ4n) is 2.95. The second-order valence-electron chi connectivity index (χ2n) is 5.66. The molecule has 0 saturated heterocycles. The van der Waals surface area contributed by atoms with E-state index in [9.17, 15) is 4.39 Å². The summed E-state index contributed by atoms with van der Waals surface area (Å²) in [6, 6.07) is 21.9. The standard InChI is InChI=1S/C20H20FN/c1-22-14-19(13-18-8-4-5-9-20(18)21)17-11-10-15-6-2-3-7-16(15)12-17/h2-12,19,22H,13-14H2,1H3. The zero-order chi connectivity index (χ0) is 15.4. The molecule has 1 N–H and O–H groups in total. The maximum absolute atomic E-state index is 13.9. The molecule has 112 valence electrons. The molecule has 1 nitrogen and oxygen atoms in total. The van der Waals surface area contributed by atoms with Crippen LogP contribution in [0.25, 0.3) is 10.8 Å². The van der Waals surface area contributed by atoms with Crippen LogP contribution in [0.1, 0.15) is 17.0 Å². The summed E-state index contributed by atoms with van der Waals surface area (Å²) in [5.41, 5.74) is 2.02. The van der Waals surface area contributed by atoms with E-state index < -0.39 is 0 Å². The quantitative estimate of drug-likeness (QED) is 0.729. The number of likely N-dealkylation sites (N-methyl/N-ethyl adjacent to an activating group) is 1. The molecule has 2 heteroatoms. The molecule has 1 atom stereocenters. The van der Waals surface area contributed by atoms with Gasteiger partial charge in [0, 0.05) is 12.5 Å². The van der Waals surface area contributed by atoms with E-state index >= 15 is 0 Å². The first-order valence-electron chi connectivity index (χ1n) is 7.64. The molecule has 22 heavy (non-hydrogen) atoms. The predicted molar refractivity (Wildman–Crippen MR) is 90.7 cm³/mol. The van der Waals surface area contributed by atoms with Gasteiger partial charge < -0.3 is 5.32 Å². The maximum Gasteiger partial charge on any atom is 0.126 e. The van der Waals surface area contributed by atoms with E-state index in [4.69, 9.17) is 0 Å². The fraction of sp³-hybridized carbons (Fsp3) is 0.200. The molecular formula is C20H20FN. The lowest BCUT2D eigenvalue weighted by atomic mass is 9.90. The summed E-state index contributed by atoms with van der Waals surface area (Å²) in [4.78, 5) is 0. The number of rotatable bonds is 5. The predicted octanol–water partition coefficient (Wildman–Crippen LogP) is 4.52. The summed E-state index contributed by atoms with van der Waals surface area (Å²) in [6.07, 6.45) is 0.700. The number of hydrogen-bond acceptors (Lipinski definition) is 1. The molecule has 0 aliphatic carbocycles. The highest BCUT2D eigenvalue weighted by Crippen LogP contribution is 2.25. The first kappa shape index (κ1) is 14.7. The van der Waals surface area contributed by atoms with Crippen molar-refractivity contribution in [2.75, 3.05) is 13.6 Å². The van der Waals surface area contributed by atoms with Gasteiger partial charge in [-0.1, -0.05) is 60.7 Å². The lowest BCUT2D eigenvalue weighted by molar-refractivity contribution is 0.575. The lowest BCUT2D eigenvalue weighted by Crippen LogP contribution is -2.19. The summed E-state index contributed by atoms with van der Waals surface area (Å²) >= 11 is 0. The molecule has 3 aromatic rings. The van der Waals surface area contributed by atoms with Crippen LogP contribution in [0.2, 0.25) is 0 Å². The summed E-state index contributed by atoms with van der Waals surface area (Å²) in [7, 11) is 1.94. The van der Waals surface area contributed by atoms with Crippen molar-refractivity contribution in [3.05, 3.63) is 83.7 Å². The number of halogens is 1. The zero-order valence-electron chi connectivity index (χ0n) is 12.7. The molecule has 0 spiro atoms. The van der Waals surface area contributed by atoms with Crippen LogP contribution in [0.3, 0.4) is 0 Å². The van der Waals surface area contributed by atoms with Gasteiger partial charge in [0.2, 0.25) is 0 Å².